The molecule has 0 spiro atoms. The van der Waals surface area contributed by atoms with Gasteiger partial charge in [-0.25, -0.2) is 4.39 Å². The summed E-state index contributed by atoms with van der Waals surface area (Å²) >= 11 is 0. The molecule has 0 atom stereocenters. The fourth-order valence-corrected chi connectivity index (χ4v) is 1.81. The maximum Gasteiger partial charge on any atom is 0.152 e. The number of aldehydes is 1. The summed E-state index contributed by atoms with van der Waals surface area (Å²) in [5.74, 6) is -0.365. The van der Waals surface area contributed by atoms with Crippen LogP contribution in [-0.2, 0) is 0 Å². The molecule has 1 fully saturated rings. The Hall–Kier alpha value is -1.42. The summed E-state index contributed by atoms with van der Waals surface area (Å²) in [7, 11) is 0. The summed E-state index contributed by atoms with van der Waals surface area (Å²) in [5.41, 5.74) is 1.25. The van der Waals surface area contributed by atoms with E-state index in [1.807, 2.05) is 0 Å². The third-order valence-electron chi connectivity index (χ3n) is 2.57. The van der Waals surface area contributed by atoms with E-state index in [0.29, 0.717) is 11.8 Å². The molecule has 0 aromatic heterocycles. The van der Waals surface area contributed by atoms with E-state index in [0.717, 1.165) is 31.9 Å². The highest BCUT2D eigenvalue weighted by Gasteiger charge is 2.14. The van der Waals surface area contributed by atoms with Crippen molar-refractivity contribution in [2.24, 2.45) is 0 Å². The third-order valence-corrected chi connectivity index (χ3v) is 2.57. The van der Waals surface area contributed by atoms with Crippen LogP contribution in [0, 0.1) is 5.82 Å². The van der Waals surface area contributed by atoms with E-state index >= 15 is 0 Å². The molecule has 1 aliphatic heterocycles. The topological polar surface area (TPSA) is 32.3 Å². The van der Waals surface area contributed by atoms with Crippen LogP contribution in [0.2, 0.25) is 0 Å². The van der Waals surface area contributed by atoms with Crippen LogP contribution in [-0.4, -0.2) is 32.5 Å². The fraction of sp³-hybridized carbons (Fsp3) is 0.364. The smallest absolute Gasteiger partial charge is 0.152 e. The van der Waals surface area contributed by atoms with E-state index in [4.69, 9.17) is 0 Å². The second-order valence-corrected chi connectivity index (χ2v) is 3.56. The van der Waals surface area contributed by atoms with Crippen molar-refractivity contribution in [1.82, 2.24) is 5.32 Å². The molecule has 1 heterocycles. The molecule has 1 aliphatic rings. The van der Waals surface area contributed by atoms with Gasteiger partial charge >= 0.3 is 0 Å². The van der Waals surface area contributed by atoms with E-state index in [2.05, 4.69) is 10.2 Å². The van der Waals surface area contributed by atoms with Gasteiger partial charge in [0, 0.05) is 37.4 Å². The lowest BCUT2D eigenvalue weighted by atomic mass is 10.1. The van der Waals surface area contributed by atoms with Gasteiger partial charge in [0.2, 0.25) is 0 Å². The van der Waals surface area contributed by atoms with Crippen LogP contribution in [0.15, 0.2) is 18.2 Å². The number of hydrogen-bond acceptors (Lipinski definition) is 3. The van der Waals surface area contributed by atoms with Crippen LogP contribution in [0.4, 0.5) is 10.1 Å². The van der Waals surface area contributed by atoms with Crippen molar-refractivity contribution in [2.45, 2.75) is 0 Å². The van der Waals surface area contributed by atoms with Crippen molar-refractivity contribution in [2.75, 3.05) is 31.1 Å². The van der Waals surface area contributed by atoms with E-state index in [-0.39, 0.29) is 5.82 Å². The molecule has 2 rings (SSSR count). The molecular formula is C11H13FN2O. The van der Waals surface area contributed by atoms with Gasteiger partial charge in [0.25, 0.3) is 0 Å². The molecule has 0 amide bonds. The van der Waals surface area contributed by atoms with Gasteiger partial charge in [-0.3, -0.25) is 4.79 Å². The molecule has 1 saturated heterocycles. The SMILES string of the molecule is O=Cc1cc(F)ccc1N1CCNCC1. The third kappa shape index (κ3) is 2.15. The Morgan fingerprint density at radius 2 is 2.07 bits per heavy atom. The molecule has 3 nitrogen and oxygen atoms in total. The van der Waals surface area contributed by atoms with E-state index in [1.54, 1.807) is 6.07 Å². The first-order valence-corrected chi connectivity index (χ1v) is 5.01. The van der Waals surface area contributed by atoms with Crippen molar-refractivity contribution in [1.29, 1.82) is 0 Å². The maximum absolute atomic E-state index is 12.9. The predicted octanol–water partition coefficient (Wildman–Crippen LogP) is 1.05. The van der Waals surface area contributed by atoms with Crippen LogP contribution in [0.25, 0.3) is 0 Å². The first kappa shape index (κ1) is 10.1. The highest BCUT2D eigenvalue weighted by Crippen LogP contribution is 2.20. The van der Waals surface area contributed by atoms with Crippen molar-refractivity contribution in [3.63, 3.8) is 0 Å². The van der Waals surface area contributed by atoms with Crippen LogP contribution in [0.1, 0.15) is 10.4 Å². The second kappa shape index (κ2) is 4.40. The zero-order chi connectivity index (χ0) is 10.7. The number of nitrogens with one attached hydrogen (secondary N) is 1. The van der Waals surface area contributed by atoms with Gasteiger partial charge in [-0.2, -0.15) is 0 Å². The molecular weight excluding hydrogens is 195 g/mol. The molecule has 0 radical (unpaired) electrons. The lowest BCUT2D eigenvalue weighted by molar-refractivity contribution is 0.112. The summed E-state index contributed by atoms with van der Waals surface area (Å²) in [6.07, 6.45) is 0.709. The van der Waals surface area contributed by atoms with Crippen molar-refractivity contribution >= 4 is 12.0 Å². The molecule has 0 unspecified atom stereocenters. The Bertz CT molecular complexity index is 362. The van der Waals surface area contributed by atoms with Gasteiger partial charge in [-0.1, -0.05) is 0 Å². The summed E-state index contributed by atoms with van der Waals surface area (Å²) in [4.78, 5) is 12.9. The maximum atomic E-state index is 12.9. The van der Waals surface area contributed by atoms with Gasteiger partial charge in [0.05, 0.1) is 0 Å². The first-order chi connectivity index (χ1) is 7.31. The van der Waals surface area contributed by atoms with Crippen molar-refractivity contribution in [3.8, 4) is 0 Å². The highest BCUT2D eigenvalue weighted by molar-refractivity contribution is 5.84. The normalized spacial score (nSPS) is 16.5. The second-order valence-electron chi connectivity index (χ2n) is 3.56. The van der Waals surface area contributed by atoms with E-state index in [1.165, 1.54) is 12.1 Å². The van der Waals surface area contributed by atoms with Crippen LogP contribution < -0.4 is 10.2 Å². The Morgan fingerprint density at radius 1 is 1.33 bits per heavy atom. The van der Waals surface area contributed by atoms with E-state index < -0.39 is 0 Å². The zero-order valence-electron chi connectivity index (χ0n) is 8.37. The standard InChI is InChI=1S/C11H13FN2O/c12-10-1-2-11(9(7-10)8-15)14-5-3-13-4-6-14/h1-2,7-8,13H,3-6H2. The fourth-order valence-electron chi connectivity index (χ4n) is 1.81. The van der Waals surface area contributed by atoms with Crippen LogP contribution in [0.3, 0.4) is 0 Å². The number of halogens is 1. The van der Waals surface area contributed by atoms with Gasteiger partial charge in [-0.15, -0.1) is 0 Å². The van der Waals surface area contributed by atoms with Crippen molar-refractivity contribution < 1.29 is 9.18 Å². The van der Waals surface area contributed by atoms with Gasteiger partial charge < -0.3 is 10.2 Å². The molecule has 1 N–H and O–H groups in total. The number of carbonyl (C=O) groups is 1. The Kier molecular flexibility index (Phi) is 2.97. The number of rotatable bonds is 2. The Balaban J connectivity index is 2.29. The summed E-state index contributed by atoms with van der Waals surface area (Å²) in [6, 6.07) is 4.35. The van der Waals surface area contributed by atoms with E-state index in [9.17, 15) is 9.18 Å². The summed E-state index contributed by atoms with van der Waals surface area (Å²) in [6.45, 7) is 3.50. The Labute approximate surface area is 87.9 Å². The zero-order valence-corrected chi connectivity index (χ0v) is 8.37. The summed E-state index contributed by atoms with van der Waals surface area (Å²) in [5, 5.41) is 3.23. The molecule has 80 valence electrons. The largest absolute Gasteiger partial charge is 0.368 e. The lowest BCUT2D eigenvalue weighted by Gasteiger charge is -2.30. The minimum absolute atomic E-state index is 0.365. The minimum atomic E-state index is -0.365. The first-order valence-electron chi connectivity index (χ1n) is 5.01. The van der Waals surface area contributed by atoms with Gasteiger partial charge in [-0.05, 0) is 18.2 Å². The van der Waals surface area contributed by atoms with Gasteiger partial charge in [0.15, 0.2) is 6.29 Å². The lowest BCUT2D eigenvalue weighted by Crippen LogP contribution is -2.43. The number of anilines is 1. The molecule has 0 bridgehead atoms. The van der Waals surface area contributed by atoms with Crippen LogP contribution in [0.5, 0.6) is 0 Å². The number of carbonyl (C=O) groups excluding carboxylic acids is 1. The molecule has 15 heavy (non-hydrogen) atoms. The Morgan fingerprint density at radius 3 is 2.73 bits per heavy atom. The quantitative estimate of drug-likeness (QED) is 0.737. The number of nitrogens with zero attached hydrogens (tertiary/aromatic N) is 1. The molecule has 4 heteroatoms. The number of piperazine rings is 1. The van der Waals surface area contributed by atoms with Crippen LogP contribution >= 0.6 is 0 Å². The monoisotopic (exact) mass is 208 g/mol. The number of hydrogen-bond donors (Lipinski definition) is 1. The average molecular weight is 208 g/mol. The number of benzene rings is 1. The molecule has 0 saturated carbocycles. The molecule has 1 aromatic rings. The minimum Gasteiger partial charge on any atom is -0.368 e. The average Bonchev–Trinajstić information content (AvgIpc) is 2.30. The van der Waals surface area contributed by atoms with Gasteiger partial charge in [0.1, 0.15) is 5.82 Å². The predicted molar refractivity (Wildman–Crippen MR) is 56.9 cm³/mol. The highest BCUT2D eigenvalue weighted by atomic mass is 19.1. The van der Waals surface area contributed by atoms with Crippen molar-refractivity contribution in [3.05, 3.63) is 29.6 Å². The molecule has 0 aliphatic carbocycles. The summed E-state index contributed by atoms with van der Waals surface area (Å²) < 4.78 is 12.9. The molecule has 1 aromatic carbocycles.